The molecule has 0 amide bonds. The number of carboxylic acid groups (broad SMARTS) is 1. The first-order valence-corrected chi connectivity index (χ1v) is 24.6. The fourth-order valence-corrected chi connectivity index (χ4v) is 3.58. The van der Waals surface area contributed by atoms with Crippen LogP contribution in [-0.4, -0.2) is 82.1 Å². The number of aliphatic carboxylic acids is 1. The molecule has 1 saturated heterocycles. The molecule has 324 valence electrons. The van der Waals surface area contributed by atoms with Crippen LogP contribution in [0.4, 0.5) is 0 Å². The molecule has 1 aliphatic rings. The van der Waals surface area contributed by atoms with Gasteiger partial charge in [0.05, 0.1) is 37.6 Å². The molecule has 0 saturated carbocycles. The van der Waals surface area contributed by atoms with Crippen molar-refractivity contribution in [3.05, 3.63) is 115 Å². The minimum absolute atomic E-state index is 0. The number of rotatable bonds is 12. The average Bonchev–Trinajstić information content (AvgIpc) is 3.75. The second kappa shape index (κ2) is 45.7. The molecule has 1 aliphatic heterocycles. The quantitative estimate of drug-likeness (QED) is 0.0457. The SMILES string of the molecule is C.C.C1CCOC1.CC(O)CC(=O)OCc1ccccc1.CC=O.C[C@@H](O)CC(=O)O.C[C@@H](O)CC(=O)OCc1ccccc1.[CH2-]C(=O)OCc1ccccc1.[Zn+][Br]. The Kier molecular flexibility index (Phi) is 49.8. The summed E-state index contributed by atoms with van der Waals surface area (Å²) in [5.41, 5.74) is 2.88. The molecule has 3 aromatic carbocycles. The van der Waals surface area contributed by atoms with Crippen molar-refractivity contribution in [3.63, 3.8) is 0 Å². The van der Waals surface area contributed by atoms with Gasteiger partial charge < -0.3 is 44.2 Å². The van der Waals surface area contributed by atoms with Crippen molar-refractivity contribution in [2.24, 2.45) is 0 Å². The van der Waals surface area contributed by atoms with Gasteiger partial charge in [-0.2, -0.15) is 0 Å². The molecule has 4 rings (SSSR count). The van der Waals surface area contributed by atoms with Crippen molar-refractivity contribution in [3.8, 4) is 0 Å². The van der Waals surface area contributed by atoms with E-state index >= 15 is 0 Å². The number of hydrogen-bond donors (Lipinski definition) is 4. The zero-order valence-electron chi connectivity index (χ0n) is 32.8. The van der Waals surface area contributed by atoms with Gasteiger partial charge >= 0.3 is 47.9 Å². The number of aliphatic hydroxyl groups excluding tert-OH is 3. The Hall–Kier alpha value is -3.98. The molecule has 0 aromatic heterocycles. The summed E-state index contributed by atoms with van der Waals surface area (Å²) in [5, 5.41) is 34.1. The summed E-state index contributed by atoms with van der Waals surface area (Å²) in [6.07, 6.45) is 1.23. The summed E-state index contributed by atoms with van der Waals surface area (Å²) in [6, 6.07) is 28.4. The van der Waals surface area contributed by atoms with Crippen LogP contribution in [0.2, 0.25) is 0 Å². The molecular weight excluding hydrogens is 870 g/mol. The van der Waals surface area contributed by atoms with Crippen LogP contribution in [0.25, 0.3) is 0 Å². The van der Waals surface area contributed by atoms with E-state index in [0.717, 1.165) is 36.2 Å². The molecule has 4 N–H and O–H groups in total. The summed E-state index contributed by atoms with van der Waals surface area (Å²) in [6.45, 7) is 11.9. The van der Waals surface area contributed by atoms with Crippen molar-refractivity contribution in [2.75, 3.05) is 13.2 Å². The third-order valence-corrected chi connectivity index (χ3v) is 5.95. The predicted molar refractivity (Wildman–Crippen MR) is 225 cm³/mol. The molecule has 1 unspecified atom stereocenters. The Morgan fingerprint density at radius 2 is 0.931 bits per heavy atom. The Morgan fingerprint density at radius 1 is 0.655 bits per heavy atom. The van der Waals surface area contributed by atoms with Crippen LogP contribution in [0.15, 0.2) is 91.0 Å². The van der Waals surface area contributed by atoms with Gasteiger partial charge in [-0.25, -0.2) is 0 Å². The van der Waals surface area contributed by atoms with Crippen LogP contribution in [0.5, 0.6) is 0 Å². The number of esters is 3. The van der Waals surface area contributed by atoms with Gasteiger partial charge in [0.2, 0.25) is 0 Å². The topological polar surface area (TPSA) is 203 Å². The Morgan fingerprint density at radius 3 is 1.12 bits per heavy atom. The van der Waals surface area contributed by atoms with Gasteiger partial charge in [-0.15, -0.1) is 0 Å². The molecule has 13 nitrogen and oxygen atoms in total. The van der Waals surface area contributed by atoms with Crippen LogP contribution in [0.1, 0.15) is 91.3 Å². The van der Waals surface area contributed by atoms with Gasteiger partial charge in [0.25, 0.3) is 0 Å². The number of carbonyl (C=O) groups is 5. The fourth-order valence-electron chi connectivity index (χ4n) is 3.58. The number of benzene rings is 3. The predicted octanol–water partition coefficient (Wildman–Crippen LogP) is 7.52. The van der Waals surface area contributed by atoms with Crippen LogP contribution < -0.4 is 0 Å². The van der Waals surface area contributed by atoms with Crippen molar-refractivity contribution in [2.45, 2.75) is 113 Å². The molecule has 3 aromatic rings. The van der Waals surface area contributed by atoms with Gasteiger partial charge in [-0.05, 0) is 57.2 Å². The number of carbonyl (C=O) groups excluding carboxylic acids is 4. The third-order valence-electron chi connectivity index (χ3n) is 5.95. The van der Waals surface area contributed by atoms with Gasteiger partial charge in [0.1, 0.15) is 26.1 Å². The maximum atomic E-state index is 11.0. The summed E-state index contributed by atoms with van der Waals surface area (Å²) >= 11 is 4.25. The zero-order valence-corrected chi connectivity index (χ0v) is 37.3. The number of hydrogen-bond acceptors (Lipinski definition) is 12. The molecule has 0 aliphatic carbocycles. The molecule has 58 heavy (non-hydrogen) atoms. The van der Waals surface area contributed by atoms with E-state index < -0.39 is 30.3 Å². The zero-order chi connectivity index (χ0) is 43.0. The molecule has 15 heteroatoms. The molecular formula is C43H65BrO13Zn. The van der Waals surface area contributed by atoms with Gasteiger partial charge in [0, 0.05) is 13.2 Å². The second-order valence-electron chi connectivity index (χ2n) is 11.5. The van der Waals surface area contributed by atoms with Crippen LogP contribution >= 0.6 is 13.6 Å². The first kappa shape index (κ1) is 63.2. The molecule has 0 spiro atoms. The van der Waals surface area contributed by atoms with Crippen molar-refractivity contribution >= 4 is 43.8 Å². The molecule has 0 bridgehead atoms. The van der Waals surface area contributed by atoms with E-state index in [2.05, 4.69) is 25.3 Å². The van der Waals surface area contributed by atoms with E-state index in [4.69, 9.17) is 39.4 Å². The Bertz CT molecular complexity index is 1310. The summed E-state index contributed by atoms with van der Waals surface area (Å²) in [7, 11) is 0. The van der Waals surface area contributed by atoms with Crippen LogP contribution in [-0.2, 0) is 79.1 Å². The summed E-state index contributed by atoms with van der Waals surface area (Å²) in [4.78, 5) is 50.8. The van der Waals surface area contributed by atoms with E-state index in [-0.39, 0.29) is 59.3 Å². The normalized spacial score (nSPS) is 11.6. The Labute approximate surface area is 362 Å². The minimum atomic E-state index is -0.963. The van der Waals surface area contributed by atoms with Gasteiger partial charge in [0.15, 0.2) is 5.97 Å². The fraction of sp³-hybridized carbons (Fsp3) is 0.442. The maximum absolute atomic E-state index is 11.0. The first-order chi connectivity index (χ1) is 26.7. The van der Waals surface area contributed by atoms with Crippen molar-refractivity contribution in [1.82, 2.24) is 0 Å². The van der Waals surface area contributed by atoms with E-state index in [0.29, 0.717) is 6.61 Å². The van der Waals surface area contributed by atoms with Gasteiger partial charge in [-0.1, -0.05) is 106 Å². The number of ether oxygens (including phenoxy) is 4. The third kappa shape index (κ3) is 50.0. The number of aldehydes is 1. The number of aliphatic hydroxyl groups is 3. The Balaban J connectivity index is -0.000000201. The van der Waals surface area contributed by atoms with Crippen LogP contribution in [0, 0.1) is 6.92 Å². The van der Waals surface area contributed by atoms with E-state index in [1.165, 1.54) is 43.0 Å². The van der Waals surface area contributed by atoms with Crippen LogP contribution in [0.3, 0.4) is 0 Å². The second-order valence-corrected chi connectivity index (χ2v) is 11.5. The number of carboxylic acids is 1. The van der Waals surface area contributed by atoms with Gasteiger partial charge in [-0.3, -0.25) is 26.1 Å². The average molecular weight is 935 g/mol. The number of halogens is 1. The molecule has 3 atom stereocenters. The van der Waals surface area contributed by atoms with Crippen molar-refractivity contribution < 1.29 is 79.7 Å². The molecule has 1 fully saturated rings. The molecule has 1 heterocycles. The summed E-state index contributed by atoms with van der Waals surface area (Å²) in [5.74, 6) is -2.20. The van der Waals surface area contributed by atoms with E-state index in [1.54, 1.807) is 13.8 Å². The standard InChI is InChI=1S/2C11H14O3.C9H9O2.C4H8O3.C4H8O.C2H4O.2CH4.BrH.Zn/c2*1-9(12)7-11(13)14-8-10-5-3-2-4-6-10;1-8(10)11-7-9-5-3-2-4-6-9;1-3(5)2-4(6)7;1-2-4-5-3-1;1-2-3;;;;/h2*2-6,9,12H,7-8H2,1H3;2-6H,1,7H2;3,5H,2H2,1H3,(H,6,7);1-4H2;2H,1H3;2*1H4;1H;/q;;-1;;;;;;;+2/p-1/t9-;;;3-;;;;;;/m1..1....../s1. The van der Waals surface area contributed by atoms with E-state index in [1.807, 2.05) is 91.0 Å². The van der Waals surface area contributed by atoms with Crippen molar-refractivity contribution in [1.29, 1.82) is 0 Å². The molecule has 0 radical (unpaired) electrons. The first-order valence-electron chi connectivity index (χ1n) is 17.6. The monoisotopic (exact) mass is 932 g/mol. The van der Waals surface area contributed by atoms with E-state index in [9.17, 15) is 19.2 Å². The summed E-state index contributed by atoms with van der Waals surface area (Å²) < 4.78 is 19.5.